The number of hydrogen-bond acceptors (Lipinski definition) is 5. The molecule has 2 aromatic carbocycles. The van der Waals surface area contributed by atoms with Gasteiger partial charge in [0, 0.05) is 17.5 Å². The number of rotatable bonds is 10. The van der Waals surface area contributed by atoms with Crippen LogP contribution in [0.3, 0.4) is 0 Å². The lowest BCUT2D eigenvalue weighted by Gasteiger charge is -2.19. The molecule has 0 N–H and O–H groups in total. The topological polar surface area (TPSA) is 39.0 Å². The summed E-state index contributed by atoms with van der Waals surface area (Å²) in [5.41, 5.74) is 5.57. The van der Waals surface area contributed by atoms with Crippen molar-refractivity contribution in [2.24, 2.45) is 4.99 Å². The van der Waals surface area contributed by atoms with E-state index in [1.165, 1.54) is 11.1 Å². The highest BCUT2D eigenvalue weighted by Gasteiger charge is 2.14. The fourth-order valence-electron chi connectivity index (χ4n) is 3.98. The van der Waals surface area contributed by atoms with Gasteiger partial charge in [-0.3, -0.25) is 0 Å². The summed E-state index contributed by atoms with van der Waals surface area (Å²) >= 11 is 1.67. The predicted octanol–water partition coefficient (Wildman–Crippen LogP) is 5.81. The Hall–Kier alpha value is -2.57. The highest BCUT2D eigenvalue weighted by atomic mass is 32.1. The molecule has 32 heavy (non-hydrogen) atoms. The van der Waals surface area contributed by atoms with Crippen LogP contribution in [0.1, 0.15) is 31.4 Å². The average Bonchev–Trinajstić information content (AvgIpc) is 3.17. The largest absolute Gasteiger partial charge is 0.497 e. The molecular formula is C26H35N3O2S. The first-order valence-electron chi connectivity index (χ1n) is 11.2. The van der Waals surface area contributed by atoms with E-state index in [4.69, 9.17) is 14.5 Å². The zero-order valence-corrected chi connectivity index (χ0v) is 21.0. The summed E-state index contributed by atoms with van der Waals surface area (Å²) in [6.45, 7) is 12.8. The van der Waals surface area contributed by atoms with Crippen LogP contribution in [0.2, 0.25) is 0 Å². The third-order valence-electron chi connectivity index (χ3n) is 5.66. The van der Waals surface area contributed by atoms with Crippen molar-refractivity contribution in [3.05, 3.63) is 57.7 Å². The fraction of sp³-hybridized carbons (Fsp3) is 0.423. The van der Waals surface area contributed by atoms with E-state index < -0.39 is 0 Å². The SMILES string of the molecule is CCN(CC)CCCn1c(-c2cc(OC)ccc2OC)csc1=Nc1cc(C)cc(C)c1. The third kappa shape index (κ3) is 5.81. The molecule has 5 nitrogen and oxygen atoms in total. The van der Waals surface area contributed by atoms with Crippen LogP contribution in [0.4, 0.5) is 5.69 Å². The highest BCUT2D eigenvalue weighted by molar-refractivity contribution is 7.07. The summed E-state index contributed by atoms with van der Waals surface area (Å²) in [5, 5.41) is 2.18. The van der Waals surface area contributed by atoms with Gasteiger partial charge < -0.3 is 18.9 Å². The van der Waals surface area contributed by atoms with Crippen molar-refractivity contribution >= 4 is 17.0 Å². The molecule has 1 aromatic heterocycles. The van der Waals surface area contributed by atoms with Crippen LogP contribution in [-0.4, -0.2) is 43.3 Å². The number of methoxy groups -OCH3 is 2. The van der Waals surface area contributed by atoms with E-state index >= 15 is 0 Å². The molecule has 0 bridgehead atoms. The Morgan fingerprint density at radius 2 is 1.69 bits per heavy atom. The summed E-state index contributed by atoms with van der Waals surface area (Å²) < 4.78 is 13.5. The Balaban J connectivity index is 2.09. The number of hydrogen-bond donors (Lipinski definition) is 0. The van der Waals surface area contributed by atoms with Crippen LogP contribution < -0.4 is 14.3 Å². The van der Waals surface area contributed by atoms with E-state index in [0.29, 0.717) is 0 Å². The third-order valence-corrected chi connectivity index (χ3v) is 6.53. The molecule has 0 aliphatic rings. The normalized spacial score (nSPS) is 11.9. The van der Waals surface area contributed by atoms with Gasteiger partial charge in [-0.05, 0) is 81.4 Å². The zero-order valence-electron chi connectivity index (χ0n) is 20.1. The first-order valence-corrected chi connectivity index (χ1v) is 12.1. The maximum absolute atomic E-state index is 5.69. The number of nitrogens with zero attached hydrogens (tertiary/aromatic N) is 3. The molecule has 0 fully saturated rings. The molecule has 0 saturated heterocycles. The van der Waals surface area contributed by atoms with Gasteiger partial charge in [0.1, 0.15) is 11.5 Å². The summed E-state index contributed by atoms with van der Waals surface area (Å²) in [6, 6.07) is 12.4. The van der Waals surface area contributed by atoms with Gasteiger partial charge in [0.2, 0.25) is 0 Å². The molecule has 0 spiro atoms. The van der Waals surface area contributed by atoms with Gasteiger partial charge in [-0.15, -0.1) is 11.3 Å². The van der Waals surface area contributed by atoms with Crippen LogP contribution >= 0.6 is 11.3 Å². The molecular weight excluding hydrogens is 418 g/mol. The monoisotopic (exact) mass is 453 g/mol. The summed E-state index contributed by atoms with van der Waals surface area (Å²) in [6.07, 6.45) is 1.05. The first kappa shape index (κ1) is 24.1. The molecule has 0 amide bonds. The van der Waals surface area contributed by atoms with Crippen molar-refractivity contribution in [2.45, 2.75) is 40.7 Å². The average molecular weight is 454 g/mol. The Kier molecular flexibility index (Phi) is 8.53. The molecule has 1 heterocycles. The molecule has 0 aliphatic heterocycles. The van der Waals surface area contributed by atoms with Crippen molar-refractivity contribution in [1.29, 1.82) is 0 Å². The zero-order chi connectivity index (χ0) is 23.1. The lowest BCUT2D eigenvalue weighted by Crippen LogP contribution is -2.26. The van der Waals surface area contributed by atoms with Crippen molar-refractivity contribution in [3.8, 4) is 22.8 Å². The van der Waals surface area contributed by atoms with Crippen molar-refractivity contribution in [3.63, 3.8) is 0 Å². The first-order chi connectivity index (χ1) is 15.5. The summed E-state index contributed by atoms with van der Waals surface area (Å²) in [4.78, 5) is 8.49. The number of aryl methyl sites for hydroxylation is 2. The minimum Gasteiger partial charge on any atom is -0.497 e. The number of aromatic nitrogens is 1. The van der Waals surface area contributed by atoms with Crippen molar-refractivity contribution in [2.75, 3.05) is 33.9 Å². The molecule has 6 heteroatoms. The number of ether oxygens (including phenoxy) is 2. The minimum atomic E-state index is 0.814. The van der Waals surface area contributed by atoms with E-state index in [0.717, 1.165) is 65.8 Å². The second kappa shape index (κ2) is 11.3. The van der Waals surface area contributed by atoms with Gasteiger partial charge >= 0.3 is 0 Å². The maximum atomic E-state index is 5.69. The van der Waals surface area contributed by atoms with Gasteiger partial charge in [-0.1, -0.05) is 19.9 Å². The van der Waals surface area contributed by atoms with E-state index in [1.54, 1.807) is 25.6 Å². The van der Waals surface area contributed by atoms with Crippen LogP contribution in [0.5, 0.6) is 11.5 Å². The molecule has 172 valence electrons. The molecule has 3 aromatic rings. The van der Waals surface area contributed by atoms with Gasteiger partial charge in [0.15, 0.2) is 4.80 Å². The van der Waals surface area contributed by atoms with Crippen molar-refractivity contribution in [1.82, 2.24) is 9.47 Å². The Morgan fingerprint density at radius 1 is 0.969 bits per heavy atom. The molecule has 0 unspecified atom stereocenters. The van der Waals surface area contributed by atoms with E-state index in [2.05, 4.69) is 60.7 Å². The van der Waals surface area contributed by atoms with E-state index in [1.807, 2.05) is 18.2 Å². The van der Waals surface area contributed by atoms with Crippen LogP contribution in [0.15, 0.2) is 46.8 Å². The standard InChI is InChI=1S/C26H35N3O2S/c1-7-28(8-2)12-9-13-29-24(23-17-22(30-5)10-11-25(23)31-6)18-32-26(29)27-21-15-19(3)14-20(4)16-21/h10-11,14-18H,7-9,12-13H2,1-6H3. The van der Waals surface area contributed by atoms with E-state index in [9.17, 15) is 0 Å². The van der Waals surface area contributed by atoms with Crippen molar-refractivity contribution < 1.29 is 9.47 Å². The Morgan fingerprint density at radius 3 is 2.31 bits per heavy atom. The second-order valence-electron chi connectivity index (χ2n) is 7.96. The van der Waals surface area contributed by atoms with Gasteiger partial charge in [-0.25, -0.2) is 4.99 Å². The smallest absolute Gasteiger partial charge is 0.190 e. The van der Waals surface area contributed by atoms with E-state index in [-0.39, 0.29) is 0 Å². The van der Waals surface area contributed by atoms with Crippen LogP contribution in [0.25, 0.3) is 11.3 Å². The quantitative estimate of drug-likeness (QED) is 0.389. The summed E-state index contributed by atoms with van der Waals surface area (Å²) in [5.74, 6) is 1.65. The lowest BCUT2D eigenvalue weighted by molar-refractivity contribution is 0.293. The van der Waals surface area contributed by atoms with Gasteiger partial charge in [-0.2, -0.15) is 0 Å². The number of thiazole rings is 1. The highest BCUT2D eigenvalue weighted by Crippen LogP contribution is 2.34. The Bertz CT molecular complexity index is 1080. The van der Waals surface area contributed by atoms with Crippen LogP contribution in [0, 0.1) is 13.8 Å². The maximum Gasteiger partial charge on any atom is 0.190 e. The minimum absolute atomic E-state index is 0.814. The van der Waals surface area contributed by atoms with Gasteiger partial charge in [0.05, 0.1) is 25.6 Å². The molecule has 0 saturated carbocycles. The van der Waals surface area contributed by atoms with Gasteiger partial charge in [0.25, 0.3) is 0 Å². The summed E-state index contributed by atoms with van der Waals surface area (Å²) in [7, 11) is 3.40. The fourth-order valence-corrected chi connectivity index (χ4v) is 4.93. The Labute approximate surface area is 196 Å². The lowest BCUT2D eigenvalue weighted by atomic mass is 10.1. The molecule has 0 atom stereocenters. The predicted molar refractivity (Wildman–Crippen MR) is 134 cm³/mol. The molecule has 0 radical (unpaired) electrons. The second-order valence-corrected chi connectivity index (χ2v) is 8.80. The molecule has 3 rings (SSSR count). The molecule has 0 aliphatic carbocycles. The van der Waals surface area contributed by atoms with Crippen LogP contribution in [-0.2, 0) is 6.54 Å². The number of benzene rings is 2.